The smallest absolute Gasteiger partial charge is 0.407 e. The molecule has 0 aliphatic heterocycles. The first-order valence-electron chi connectivity index (χ1n) is 10.1. The van der Waals surface area contributed by atoms with Gasteiger partial charge in [0.1, 0.15) is 12.6 Å². The summed E-state index contributed by atoms with van der Waals surface area (Å²) in [5, 5.41) is 10.4. The molecule has 0 aromatic rings. The van der Waals surface area contributed by atoms with E-state index in [1.54, 1.807) is 0 Å². The summed E-state index contributed by atoms with van der Waals surface area (Å²) < 4.78 is 4.95. The number of ether oxygens (including phenoxy) is 1. The maximum absolute atomic E-state index is 10.9. The molecular weight excluding hydrogens is 330 g/mol. The molecule has 26 heavy (non-hydrogen) atoms. The minimum Gasteiger partial charge on any atom is -0.480 e. The monoisotopic (exact) mass is 375 g/mol. The first kappa shape index (κ1) is 32.2. The number of carboxylic acid groups (broad SMARTS) is 1. The van der Waals surface area contributed by atoms with E-state index in [-0.39, 0.29) is 12.6 Å². The molecule has 158 valence electrons. The van der Waals surface area contributed by atoms with Gasteiger partial charge in [0.05, 0.1) is 0 Å². The van der Waals surface area contributed by atoms with Gasteiger partial charge in [-0.3, -0.25) is 4.79 Å². The zero-order chi connectivity index (χ0) is 21.4. The SMILES string of the molecule is C=CCCC.CC.CC.CC(C)C.O=C(O)CNC(=O)OC1CCCC1. The van der Waals surface area contributed by atoms with Crippen molar-refractivity contribution < 1.29 is 19.4 Å². The van der Waals surface area contributed by atoms with E-state index in [1.807, 2.05) is 33.8 Å². The van der Waals surface area contributed by atoms with E-state index in [2.05, 4.69) is 39.6 Å². The molecule has 0 atom stereocenters. The Labute approximate surface area is 162 Å². The van der Waals surface area contributed by atoms with Crippen molar-refractivity contribution in [2.75, 3.05) is 6.54 Å². The number of carboxylic acids is 1. The Hall–Kier alpha value is -1.52. The van der Waals surface area contributed by atoms with Crippen LogP contribution in [-0.2, 0) is 9.53 Å². The molecule has 0 saturated heterocycles. The number of amides is 1. The number of allylic oxidation sites excluding steroid dienone is 1. The van der Waals surface area contributed by atoms with Crippen molar-refractivity contribution in [3.8, 4) is 0 Å². The van der Waals surface area contributed by atoms with Crippen LogP contribution in [0.3, 0.4) is 0 Å². The number of nitrogens with one attached hydrogen (secondary N) is 1. The number of hydrogen-bond acceptors (Lipinski definition) is 3. The van der Waals surface area contributed by atoms with Crippen LogP contribution in [0.25, 0.3) is 0 Å². The average Bonchev–Trinajstić information content (AvgIpc) is 3.10. The molecule has 1 aliphatic rings. The normalized spacial score (nSPS) is 11.7. The quantitative estimate of drug-likeness (QED) is 0.543. The molecule has 0 spiro atoms. The van der Waals surface area contributed by atoms with Crippen LogP contribution < -0.4 is 5.32 Å². The third-order valence-corrected chi connectivity index (χ3v) is 2.45. The molecule has 0 radical (unpaired) electrons. The lowest BCUT2D eigenvalue weighted by Gasteiger charge is -2.10. The molecule has 0 bridgehead atoms. The van der Waals surface area contributed by atoms with E-state index < -0.39 is 12.1 Å². The van der Waals surface area contributed by atoms with Crippen LogP contribution in [0.1, 0.15) is 93.9 Å². The van der Waals surface area contributed by atoms with Crippen molar-refractivity contribution in [1.82, 2.24) is 5.32 Å². The van der Waals surface area contributed by atoms with Crippen LogP contribution in [0.4, 0.5) is 4.79 Å². The zero-order valence-electron chi connectivity index (χ0n) is 18.6. The molecule has 1 fully saturated rings. The number of aliphatic carboxylic acids is 1. The standard InChI is InChI=1S/C8H13NO4.C5H10.C4H10.2C2H6/c10-7(11)5-9-8(12)13-6-3-1-2-4-6;1-3-5-4-2;1-4(2)3;2*1-2/h6H,1-5H2,(H,9,12)(H,10,11);3H,1,4-5H2,2H3;4H,1-3H3;2*1-2H3. The Morgan fingerprint density at radius 2 is 1.58 bits per heavy atom. The molecule has 0 aromatic carbocycles. The van der Waals surface area contributed by atoms with Crippen molar-refractivity contribution in [3.63, 3.8) is 0 Å². The Morgan fingerprint density at radius 3 is 1.85 bits per heavy atom. The summed E-state index contributed by atoms with van der Waals surface area (Å²) in [6.07, 6.45) is 7.60. The first-order valence-corrected chi connectivity index (χ1v) is 10.1. The molecule has 5 heteroatoms. The summed E-state index contributed by atoms with van der Waals surface area (Å²) in [5.74, 6) is -0.233. The van der Waals surface area contributed by atoms with Crippen molar-refractivity contribution in [2.45, 2.75) is 100 Å². The molecule has 2 N–H and O–H groups in total. The predicted molar refractivity (Wildman–Crippen MR) is 113 cm³/mol. The Balaban J connectivity index is -0.000000155. The van der Waals surface area contributed by atoms with Crippen LogP contribution in [0.2, 0.25) is 0 Å². The number of carbonyl (C=O) groups is 2. The van der Waals surface area contributed by atoms with E-state index in [1.165, 1.54) is 6.42 Å². The highest BCUT2D eigenvalue weighted by Gasteiger charge is 2.19. The van der Waals surface area contributed by atoms with Gasteiger partial charge in [0, 0.05) is 0 Å². The number of rotatable bonds is 5. The minimum absolute atomic E-state index is 0.0196. The Morgan fingerprint density at radius 1 is 1.15 bits per heavy atom. The fourth-order valence-electron chi connectivity index (χ4n) is 1.55. The lowest BCUT2D eigenvalue weighted by atomic mass is 10.3. The lowest BCUT2D eigenvalue weighted by molar-refractivity contribution is -0.135. The van der Waals surface area contributed by atoms with Gasteiger partial charge in [0.2, 0.25) is 0 Å². The van der Waals surface area contributed by atoms with Crippen LogP contribution in [0.5, 0.6) is 0 Å². The van der Waals surface area contributed by atoms with Gasteiger partial charge in [-0.1, -0.05) is 67.9 Å². The Kier molecular flexibility index (Phi) is 35.0. The highest BCUT2D eigenvalue weighted by atomic mass is 16.6. The number of alkyl carbamates (subject to hydrolysis) is 1. The predicted octanol–water partition coefficient (Wildman–Crippen LogP) is 6.43. The van der Waals surface area contributed by atoms with E-state index >= 15 is 0 Å². The maximum Gasteiger partial charge on any atom is 0.407 e. The molecule has 0 heterocycles. The van der Waals surface area contributed by atoms with Gasteiger partial charge >= 0.3 is 12.1 Å². The van der Waals surface area contributed by atoms with Gasteiger partial charge in [-0.15, -0.1) is 6.58 Å². The van der Waals surface area contributed by atoms with Gasteiger partial charge in [0.15, 0.2) is 0 Å². The van der Waals surface area contributed by atoms with Gasteiger partial charge in [-0.25, -0.2) is 4.79 Å². The van der Waals surface area contributed by atoms with Crippen molar-refractivity contribution >= 4 is 12.1 Å². The largest absolute Gasteiger partial charge is 0.480 e. The molecule has 0 unspecified atom stereocenters. The van der Waals surface area contributed by atoms with E-state index in [4.69, 9.17) is 9.84 Å². The van der Waals surface area contributed by atoms with Gasteiger partial charge < -0.3 is 15.2 Å². The molecular formula is C21H45NO4. The van der Waals surface area contributed by atoms with Gasteiger partial charge in [0.25, 0.3) is 0 Å². The fraction of sp³-hybridized carbons (Fsp3) is 0.810. The van der Waals surface area contributed by atoms with Crippen molar-refractivity contribution in [2.24, 2.45) is 5.92 Å². The van der Waals surface area contributed by atoms with Crippen molar-refractivity contribution in [1.29, 1.82) is 0 Å². The van der Waals surface area contributed by atoms with Crippen molar-refractivity contribution in [3.05, 3.63) is 12.7 Å². The summed E-state index contributed by atoms with van der Waals surface area (Å²) in [5.41, 5.74) is 0. The second-order valence-electron chi connectivity index (χ2n) is 5.87. The minimum atomic E-state index is -1.07. The molecule has 1 amide bonds. The summed E-state index contributed by atoms with van der Waals surface area (Å²) in [7, 11) is 0. The molecule has 0 aromatic heterocycles. The van der Waals surface area contributed by atoms with Crippen LogP contribution in [0.15, 0.2) is 12.7 Å². The summed E-state index contributed by atoms with van der Waals surface area (Å²) in [6, 6.07) is 0. The molecule has 1 rings (SSSR count). The average molecular weight is 376 g/mol. The summed E-state index contributed by atoms with van der Waals surface area (Å²) in [6.45, 7) is 19.8. The Bertz CT molecular complexity index is 296. The van der Waals surface area contributed by atoms with Crippen LogP contribution in [-0.4, -0.2) is 29.8 Å². The van der Waals surface area contributed by atoms with E-state index in [9.17, 15) is 9.59 Å². The second-order valence-corrected chi connectivity index (χ2v) is 5.87. The maximum atomic E-state index is 10.9. The molecule has 1 aliphatic carbocycles. The first-order chi connectivity index (χ1) is 12.3. The number of unbranched alkanes of at least 4 members (excludes halogenated alkanes) is 1. The third-order valence-electron chi connectivity index (χ3n) is 2.45. The fourth-order valence-corrected chi connectivity index (χ4v) is 1.55. The van der Waals surface area contributed by atoms with Crippen LogP contribution in [0, 0.1) is 5.92 Å². The van der Waals surface area contributed by atoms with E-state index in [0.717, 1.165) is 38.0 Å². The topological polar surface area (TPSA) is 75.6 Å². The molecule has 5 nitrogen and oxygen atoms in total. The van der Waals surface area contributed by atoms with Gasteiger partial charge in [-0.2, -0.15) is 0 Å². The highest BCUT2D eigenvalue weighted by molar-refractivity contribution is 5.76. The summed E-state index contributed by atoms with van der Waals surface area (Å²) >= 11 is 0. The van der Waals surface area contributed by atoms with Gasteiger partial charge in [-0.05, 0) is 38.0 Å². The number of hydrogen-bond donors (Lipinski definition) is 2. The molecule has 1 saturated carbocycles. The zero-order valence-corrected chi connectivity index (χ0v) is 18.6. The second kappa shape index (κ2) is 28.3. The number of carbonyl (C=O) groups excluding carboxylic acids is 1. The highest BCUT2D eigenvalue weighted by Crippen LogP contribution is 2.20. The lowest BCUT2D eigenvalue weighted by Crippen LogP contribution is -2.32. The summed E-state index contributed by atoms with van der Waals surface area (Å²) in [4.78, 5) is 21.0. The third kappa shape index (κ3) is 38.2. The van der Waals surface area contributed by atoms with E-state index in [0.29, 0.717) is 0 Å². The van der Waals surface area contributed by atoms with Crippen LogP contribution >= 0.6 is 0 Å².